The van der Waals surface area contributed by atoms with Gasteiger partial charge in [0.25, 0.3) is 12.4 Å². The molecular formula is C8H11NO3. The molecule has 0 atom stereocenters. The van der Waals surface area contributed by atoms with E-state index in [-0.39, 0.29) is 11.3 Å². The minimum absolute atomic E-state index is 0.114. The number of rotatable bonds is 2. The fourth-order valence-electron chi connectivity index (χ4n) is 0.717. The third-order valence-corrected chi connectivity index (χ3v) is 1.40. The topological polar surface area (TPSA) is 52.3 Å². The van der Waals surface area contributed by atoms with Crippen LogP contribution in [0, 0.1) is 0 Å². The van der Waals surface area contributed by atoms with Crippen molar-refractivity contribution in [1.29, 1.82) is 0 Å². The first-order valence-corrected chi connectivity index (χ1v) is 3.61. The summed E-state index contributed by atoms with van der Waals surface area (Å²) < 4.78 is 9.44. The number of carbonyl (C=O) groups excluding carboxylic acids is 1. The summed E-state index contributed by atoms with van der Waals surface area (Å²) in [5, 5.41) is 3.54. The molecule has 1 aromatic heterocycles. The molecule has 0 aliphatic rings. The van der Waals surface area contributed by atoms with E-state index in [0.29, 0.717) is 12.2 Å². The van der Waals surface area contributed by atoms with Crippen molar-refractivity contribution in [3.63, 3.8) is 0 Å². The van der Waals surface area contributed by atoms with Gasteiger partial charge >= 0.3 is 0 Å². The molecule has 0 spiro atoms. The first kappa shape index (κ1) is 8.77. The van der Waals surface area contributed by atoms with Gasteiger partial charge in [-0.25, -0.2) is 0 Å². The minimum atomic E-state index is -0.114. The molecule has 0 amide bonds. The third kappa shape index (κ3) is 1.84. The van der Waals surface area contributed by atoms with Crippen molar-refractivity contribution in [3.8, 4) is 5.88 Å². The molecule has 1 rings (SSSR count). The molecule has 0 bridgehead atoms. The molecule has 0 aliphatic heterocycles. The van der Waals surface area contributed by atoms with Gasteiger partial charge in [-0.05, 0) is 5.16 Å². The maximum atomic E-state index is 9.93. The van der Waals surface area contributed by atoms with Crippen LogP contribution in [-0.4, -0.2) is 11.6 Å². The van der Waals surface area contributed by atoms with Crippen LogP contribution in [0.3, 0.4) is 0 Å². The van der Waals surface area contributed by atoms with Crippen LogP contribution in [0.5, 0.6) is 5.88 Å². The highest BCUT2D eigenvalue weighted by Crippen LogP contribution is 2.24. The summed E-state index contributed by atoms with van der Waals surface area (Å²) in [6.07, 6.45) is 0. The molecule has 12 heavy (non-hydrogen) atoms. The van der Waals surface area contributed by atoms with Gasteiger partial charge in [-0.15, -0.1) is 0 Å². The standard InChI is InChI=1S/C8H11NO3/c1-8(2,3)6-4-7(9-12-6)11-5-10/h4-5H,1-3H3. The van der Waals surface area contributed by atoms with Crippen LogP contribution in [0.4, 0.5) is 0 Å². The Balaban J connectivity index is 2.84. The Morgan fingerprint density at radius 1 is 1.58 bits per heavy atom. The molecule has 0 aliphatic carbocycles. The Bertz CT molecular complexity index is 272. The minimum Gasteiger partial charge on any atom is -0.406 e. The number of aromatic nitrogens is 1. The van der Waals surface area contributed by atoms with Crippen molar-refractivity contribution < 1.29 is 14.1 Å². The zero-order valence-corrected chi connectivity index (χ0v) is 7.33. The molecule has 1 aromatic rings. The van der Waals surface area contributed by atoms with Gasteiger partial charge in [-0.1, -0.05) is 20.8 Å². The molecular weight excluding hydrogens is 158 g/mol. The number of nitrogens with zero attached hydrogens (tertiary/aromatic N) is 1. The number of ether oxygens (including phenoxy) is 1. The monoisotopic (exact) mass is 169 g/mol. The molecule has 0 radical (unpaired) electrons. The van der Waals surface area contributed by atoms with Gasteiger partial charge in [-0.3, -0.25) is 4.79 Å². The van der Waals surface area contributed by atoms with Gasteiger partial charge in [0.2, 0.25) is 0 Å². The summed E-state index contributed by atoms with van der Waals surface area (Å²) in [4.78, 5) is 9.93. The third-order valence-electron chi connectivity index (χ3n) is 1.40. The van der Waals surface area contributed by atoms with Crippen LogP contribution < -0.4 is 4.74 Å². The second-order valence-corrected chi connectivity index (χ2v) is 3.49. The number of carbonyl (C=O) groups is 1. The van der Waals surface area contributed by atoms with Gasteiger partial charge < -0.3 is 9.26 Å². The highest BCUT2D eigenvalue weighted by Gasteiger charge is 2.19. The van der Waals surface area contributed by atoms with E-state index in [2.05, 4.69) is 9.89 Å². The van der Waals surface area contributed by atoms with Crippen LogP contribution in [0.25, 0.3) is 0 Å². The van der Waals surface area contributed by atoms with E-state index in [1.807, 2.05) is 20.8 Å². The average molecular weight is 169 g/mol. The zero-order valence-electron chi connectivity index (χ0n) is 7.33. The second kappa shape index (κ2) is 2.97. The van der Waals surface area contributed by atoms with E-state index in [0.717, 1.165) is 0 Å². The van der Waals surface area contributed by atoms with Crippen LogP contribution in [-0.2, 0) is 10.2 Å². The lowest BCUT2D eigenvalue weighted by atomic mass is 9.94. The Labute approximate surface area is 70.5 Å². The van der Waals surface area contributed by atoms with Crippen LogP contribution in [0.2, 0.25) is 0 Å². The predicted molar refractivity (Wildman–Crippen MR) is 41.9 cm³/mol. The SMILES string of the molecule is CC(C)(C)c1cc(OC=O)no1. The first-order chi connectivity index (χ1) is 5.54. The molecule has 0 unspecified atom stereocenters. The maximum Gasteiger partial charge on any atom is 0.299 e. The number of hydrogen-bond acceptors (Lipinski definition) is 4. The van der Waals surface area contributed by atoms with Gasteiger partial charge in [0.1, 0.15) is 5.76 Å². The van der Waals surface area contributed by atoms with E-state index in [1.165, 1.54) is 0 Å². The van der Waals surface area contributed by atoms with E-state index < -0.39 is 0 Å². The second-order valence-electron chi connectivity index (χ2n) is 3.49. The van der Waals surface area contributed by atoms with Gasteiger partial charge in [0, 0.05) is 11.5 Å². The molecule has 66 valence electrons. The molecule has 1 heterocycles. The fourth-order valence-corrected chi connectivity index (χ4v) is 0.717. The largest absolute Gasteiger partial charge is 0.406 e. The van der Waals surface area contributed by atoms with Crippen LogP contribution in [0.1, 0.15) is 26.5 Å². The Morgan fingerprint density at radius 3 is 2.67 bits per heavy atom. The molecule has 0 aromatic carbocycles. The van der Waals surface area contributed by atoms with Crippen molar-refractivity contribution in [2.24, 2.45) is 0 Å². The van der Waals surface area contributed by atoms with Crippen molar-refractivity contribution >= 4 is 6.47 Å². The lowest BCUT2D eigenvalue weighted by Gasteiger charge is -2.11. The highest BCUT2D eigenvalue weighted by atomic mass is 16.6. The van der Waals surface area contributed by atoms with E-state index in [4.69, 9.17) is 4.52 Å². The van der Waals surface area contributed by atoms with Crippen molar-refractivity contribution in [2.75, 3.05) is 0 Å². The molecule has 0 N–H and O–H groups in total. The molecule has 4 heteroatoms. The zero-order chi connectivity index (χ0) is 9.19. The fraction of sp³-hybridized carbons (Fsp3) is 0.500. The van der Waals surface area contributed by atoms with Crippen molar-refractivity contribution in [1.82, 2.24) is 5.16 Å². The Hall–Kier alpha value is -1.32. The number of hydrogen-bond donors (Lipinski definition) is 0. The van der Waals surface area contributed by atoms with Crippen molar-refractivity contribution in [3.05, 3.63) is 11.8 Å². The Kier molecular flexibility index (Phi) is 2.17. The first-order valence-electron chi connectivity index (χ1n) is 3.61. The van der Waals surface area contributed by atoms with Gasteiger partial charge in [0.05, 0.1) is 0 Å². The Morgan fingerprint density at radius 2 is 2.25 bits per heavy atom. The lowest BCUT2D eigenvalue weighted by Crippen LogP contribution is -2.09. The van der Waals surface area contributed by atoms with E-state index in [9.17, 15) is 4.79 Å². The highest BCUT2D eigenvalue weighted by molar-refractivity contribution is 5.42. The smallest absolute Gasteiger partial charge is 0.299 e. The van der Waals surface area contributed by atoms with Gasteiger partial charge in [-0.2, -0.15) is 0 Å². The summed E-state index contributed by atoms with van der Waals surface area (Å²) in [5.74, 6) is 0.897. The quantitative estimate of drug-likeness (QED) is 0.629. The predicted octanol–water partition coefficient (Wildman–Crippen LogP) is 1.51. The summed E-state index contributed by atoms with van der Waals surface area (Å²) in [7, 11) is 0. The summed E-state index contributed by atoms with van der Waals surface area (Å²) in [6.45, 7) is 6.28. The maximum absolute atomic E-state index is 9.93. The van der Waals surface area contributed by atoms with Gasteiger partial charge in [0.15, 0.2) is 0 Å². The van der Waals surface area contributed by atoms with Crippen molar-refractivity contribution in [2.45, 2.75) is 26.2 Å². The molecule has 0 fully saturated rings. The molecule has 4 nitrogen and oxygen atoms in total. The van der Waals surface area contributed by atoms with Crippen LogP contribution in [0.15, 0.2) is 10.6 Å². The normalized spacial score (nSPS) is 11.2. The molecule has 0 saturated heterocycles. The van der Waals surface area contributed by atoms with E-state index >= 15 is 0 Å². The van der Waals surface area contributed by atoms with Crippen LogP contribution >= 0.6 is 0 Å². The summed E-state index contributed by atoms with van der Waals surface area (Å²) in [5.41, 5.74) is -0.114. The average Bonchev–Trinajstić information content (AvgIpc) is 2.35. The lowest BCUT2D eigenvalue weighted by molar-refractivity contribution is -0.121. The summed E-state index contributed by atoms with van der Waals surface area (Å²) in [6, 6.07) is 1.61. The molecule has 0 saturated carbocycles. The van der Waals surface area contributed by atoms with E-state index in [1.54, 1.807) is 6.07 Å². The summed E-state index contributed by atoms with van der Waals surface area (Å²) >= 11 is 0.